The van der Waals surface area contributed by atoms with Gasteiger partial charge in [-0.2, -0.15) is 0 Å². The molecule has 0 aliphatic carbocycles. The first-order chi connectivity index (χ1) is 10.5. The van der Waals surface area contributed by atoms with Crippen molar-refractivity contribution in [2.24, 2.45) is 0 Å². The van der Waals surface area contributed by atoms with Crippen LogP contribution >= 0.6 is 11.6 Å². The summed E-state index contributed by atoms with van der Waals surface area (Å²) < 4.78 is 0. The van der Waals surface area contributed by atoms with Crippen LogP contribution in [0.1, 0.15) is 23.6 Å². The number of carboxylic acids is 1. The van der Waals surface area contributed by atoms with Crippen LogP contribution in [0, 0.1) is 6.92 Å². The van der Waals surface area contributed by atoms with E-state index < -0.39 is 5.97 Å². The second kappa shape index (κ2) is 7.43. The first-order valence-corrected chi connectivity index (χ1v) is 7.69. The number of aliphatic carboxylic acids is 1. The molecule has 0 heterocycles. The summed E-state index contributed by atoms with van der Waals surface area (Å²) >= 11 is 6.16. The smallest absolute Gasteiger partial charge is 0.307 e. The minimum absolute atomic E-state index is 0.0258. The van der Waals surface area contributed by atoms with E-state index in [2.05, 4.69) is 37.4 Å². The zero-order valence-electron chi connectivity index (χ0n) is 12.8. The number of aryl methyl sites for hydroxylation is 1. The molecule has 0 unspecified atom stereocenters. The van der Waals surface area contributed by atoms with Gasteiger partial charge in [0.15, 0.2) is 0 Å². The lowest BCUT2D eigenvalue weighted by Gasteiger charge is -2.13. The van der Waals surface area contributed by atoms with E-state index in [9.17, 15) is 4.79 Å². The lowest BCUT2D eigenvalue weighted by molar-refractivity contribution is -0.136. The number of hydrogen-bond acceptors (Lipinski definition) is 2. The maximum Gasteiger partial charge on any atom is 0.307 e. The fourth-order valence-corrected chi connectivity index (χ4v) is 2.75. The molecule has 4 heteroatoms. The van der Waals surface area contributed by atoms with Crippen LogP contribution in [0.4, 0.5) is 0 Å². The molecule has 0 bridgehead atoms. The van der Waals surface area contributed by atoms with Crippen molar-refractivity contribution in [1.82, 2.24) is 5.32 Å². The van der Waals surface area contributed by atoms with Crippen LogP contribution in [0.25, 0.3) is 11.1 Å². The Morgan fingerprint density at radius 1 is 1.23 bits per heavy atom. The molecule has 0 amide bonds. The van der Waals surface area contributed by atoms with E-state index in [-0.39, 0.29) is 6.42 Å². The van der Waals surface area contributed by atoms with Crippen LogP contribution in [0.5, 0.6) is 0 Å². The average Bonchev–Trinajstić information content (AvgIpc) is 2.43. The lowest BCUT2D eigenvalue weighted by Crippen LogP contribution is -2.12. The van der Waals surface area contributed by atoms with Gasteiger partial charge >= 0.3 is 5.97 Å². The topological polar surface area (TPSA) is 49.3 Å². The molecule has 0 aromatic heterocycles. The maximum absolute atomic E-state index is 10.9. The molecule has 0 fully saturated rings. The molecule has 0 radical (unpaired) electrons. The van der Waals surface area contributed by atoms with Gasteiger partial charge in [-0.05, 0) is 47.9 Å². The molecular weight excluding hydrogens is 298 g/mol. The zero-order valence-corrected chi connectivity index (χ0v) is 13.6. The summed E-state index contributed by atoms with van der Waals surface area (Å²) in [6, 6.07) is 11.8. The Labute approximate surface area is 135 Å². The summed E-state index contributed by atoms with van der Waals surface area (Å²) in [5, 5.41) is 12.9. The van der Waals surface area contributed by atoms with Gasteiger partial charge in [0, 0.05) is 11.6 Å². The van der Waals surface area contributed by atoms with Gasteiger partial charge in [-0.3, -0.25) is 4.79 Å². The van der Waals surface area contributed by atoms with Crippen LogP contribution in [0.15, 0.2) is 36.4 Å². The summed E-state index contributed by atoms with van der Waals surface area (Å²) in [4.78, 5) is 10.9. The monoisotopic (exact) mass is 317 g/mol. The molecule has 22 heavy (non-hydrogen) atoms. The average molecular weight is 318 g/mol. The number of carbonyl (C=O) groups is 1. The van der Waals surface area contributed by atoms with Crippen LogP contribution in [0.3, 0.4) is 0 Å². The van der Waals surface area contributed by atoms with E-state index in [1.54, 1.807) is 6.07 Å². The maximum atomic E-state index is 10.9. The molecule has 2 rings (SSSR count). The quantitative estimate of drug-likeness (QED) is 0.845. The summed E-state index contributed by atoms with van der Waals surface area (Å²) in [6.45, 7) is 5.80. The van der Waals surface area contributed by atoms with Gasteiger partial charge in [0.2, 0.25) is 0 Å². The predicted octanol–water partition coefficient (Wildman–Crippen LogP) is 4.05. The fraction of sp³-hybridized carbons (Fsp3) is 0.278. The molecule has 116 valence electrons. The number of benzene rings is 2. The molecule has 3 nitrogen and oxygen atoms in total. The summed E-state index contributed by atoms with van der Waals surface area (Å²) in [6.07, 6.45) is -0.0258. The lowest BCUT2D eigenvalue weighted by atomic mass is 9.95. The second-order valence-corrected chi connectivity index (χ2v) is 5.80. The fourth-order valence-electron chi connectivity index (χ4n) is 2.49. The number of hydrogen-bond donors (Lipinski definition) is 2. The van der Waals surface area contributed by atoms with Gasteiger partial charge in [-0.15, -0.1) is 0 Å². The molecule has 0 saturated heterocycles. The van der Waals surface area contributed by atoms with E-state index in [4.69, 9.17) is 16.7 Å². The number of nitrogens with one attached hydrogen (secondary N) is 1. The highest BCUT2D eigenvalue weighted by Gasteiger charge is 2.09. The molecule has 0 spiro atoms. The Kier molecular flexibility index (Phi) is 5.58. The summed E-state index contributed by atoms with van der Waals surface area (Å²) in [7, 11) is 0. The van der Waals surface area contributed by atoms with Crippen LogP contribution < -0.4 is 5.32 Å². The van der Waals surface area contributed by atoms with Gasteiger partial charge in [-0.25, -0.2) is 0 Å². The number of rotatable bonds is 6. The SMILES string of the molecule is CCNCc1cc(C)ccc1-c1cc(Cl)cc(CC(=O)O)c1. The Morgan fingerprint density at radius 3 is 2.68 bits per heavy atom. The van der Waals surface area contributed by atoms with Gasteiger partial charge in [0.1, 0.15) is 0 Å². The van der Waals surface area contributed by atoms with Crippen molar-refractivity contribution in [3.8, 4) is 11.1 Å². The van der Waals surface area contributed by atoms with E-state index in [1.807, 2.05) is 12.1 Å². The molecule has 2 aromatic carbocycles. The molecule has 2 N–H and O–H groups in total. The van der Waals surface area contributed by atoms with Crippen molar-refractivity contribution < 1.29 is 9.90 Å². The van der Waals surface area contributed by atoms with Gasteiger partial charge in [-0.1, -0.05) is 48.4 Å². The van der Waals surface area contributed by atoms with Crippen molar-refractivity contribution >= 4 is 17.6 Å². The number of halogens is 1. The third-order valence-electron chi connectivity index (χ3n) is 3.45. The van der Waals surface area contributed by atoms with Gasteiger partial charge in [0.25, 0.3) is 0 Å². The highest BCUT2D eigenvalue weighted by atomic mass is 35.5. The van der Waals surface area contributed by atoms with E-state index >= 15 is 0 Å². The minimum atomic E-state index is -0.856. The molecular formula is C18H20ClNO2. The van der Waals surface area contributed by atoms with Crippen molar-refractivity contribution in [3.05, 3.63) is 58.1 Å². The van der Waals surface area contributed by atoms with Gasteiger partial charge in [0.05, 0.1) is 6.42 Å². The largest absolute Gasteiger partial charge is 0.481 e. The van der Waals surface area contributed by atoms with E-state index in [1.165, 1.54) is 11.1 Å². The Hall–Kier alpha value is -1.84. The molecule has 2 aromatic rings. The predicted molar refractivity (Wildman–Crippen MR) is 90.3 cm³/mol. The van der Waals surface area contributed by atoms with E-state index in [0.29, 0.717) is 10.6 Å². The number of carboxylic acid groups (broad SMARTS) is 1. The molecule has 0 saturated carbocycles. The van der Waals surface area contributed by atoms with E-state index in [0.717, 1.165) is 24.2 Å². The Bertz CT molecular complexity index is 683. The summed E-state index contributed by atoms with van der Waals surface area (Å²) in [5.74, 6) is -0.856. The Balaban J connectivity index is 2.46. The van der Waals surface area contributed by atoms with Crippen LogP contribution in [-0.4, -0.2) is 17.6 Å². The van der Waals surface area contributed by atoms with Gasteiger partial charge < -0.3 is 10.4 Å². The molecule has 0 atom stereocenters. The third-order valence-corrected chi connectivity index (χ3v) is 3.67. The summed E-state index contributed by atoms with van der Waals surface area (Å²) in [5.41, 5.74) is 5.14. The zero-order chi connectivity index (χ0) is 16.1. The Morgan fingerprint density at radius 2 is 2.00 bits per heavy atom. The van der Waals surface area contributed by atoms with Crippen molar-refractivity contribution in [1.29, 1.82) is 0 Å². The van der Waals surface area contributed by atoms with Crippen molar-refractivity contribution in [2.45, 2.75) is 26.8 Å². The van der Waals surface area contributed by atoms with Crippen molar-refractivity contribution in [3.63, 3.8) is 0 Å². The highest BCUT2D eigenvalue weighted by molar-refractivity contribution is 6.31. The standard InChI is InChI=1S/C18H20ClNO2/c1-3-20-11-15-6-12(2)4-5-17(15)14-7-13(9-18(21)22)8-16(19)10-14/h4-8,10,20H,3,9,11H2,1-2H3,(H,21,22). The second-order valence-electron chi connectivity index (χ2n) is 5.36. The highest BCUT2D eigenvalue weighted by Crippen LogP contribution is 2.29. The van der Waals surface area contributed by atoms with Crippen LogP contribution in [0.2, 0.25) is 5.02 Å². The first kappa shape index (κ1) is 16.5. The normalized spacial score (nSPS) is 10.7. The minimum Gasteiger partial charge on any atom is -0.481 e. The van der Waals surface area contributed by atoms with Crippen molar-refractivity contribution in [2.75, 3.05) is 6.54 Å². The first-order valence-electron chi connectivity index (χ1n) is 7.31. The molecule has 0 aliphatic rings. The van der Waals surface area contributed by atoms with Crippen LogP contribution in [-0.2, 0) is 17.8 Å². The third kappa shape index (κ3) is 4.33. The molecule has 0 aliphatic heterocycles.